The van der Waals surface area contributed by atoms with Gasteiger partial charge in [-0.25, -0.2) is 0 Å². The van der Waals surface area contributed by atoms with Crippen LogP contribution in [0.5, 0.6) is 11.5 Å². The number of carbonyl (C=O) groups is 1. The van der Waals surface area contributed by atoms with Crippen molar-refractivity contribution >= 4 is 21.7 Å². The number of halogens is 1. The number of rotatable bonds is 6. The molecule has 1 rings (SSSR count). The Hall–Kier alpha value is -1.03. The van der Waals surface area contributed by atoms with Gasteiger partial charge in [0, 0.05) is 11.8 Å². The van der Waals surface area contributed by atoms with Crippen molar-refractivity contribution in [3.8, 4) is 11.5 Å². The Morgan fingerprint density at radius 1 is 1.31 bits per heavy atom. The molecule has 0 aliphatic heterocycles. The van der Waals surface area contributed by atoms with Gasteiger partial charge < -0.3 is 9.47 Å². The zero-order chi connectivity index (χ0) is 12.0. The number of ketones is 1. The fraction of sp³-hybridized carbons (Fsp3) is 0.417. The summed E-state index contributed by atoms with van der Waals surface area (Å²) >= 11 is 3.31. The predicted molar refractivity (Wildman–Crippen MR) is 66.9 cm³/mol. The van der Waals surface area contributed by atoms with Crippen molar-refractivity contribution in [2.75, 3.05) is 19.5 Å². The molecule has 0 heterocycles. The molecular weight excluding hydrogens is 272 g/mol. The van der Waals surface area contributed by atoms with E-state index in [9.17, 15) is 4.79 Å². The van der Waals surface area contributed by atoms with Gasteiger partial charge in [-0.2, -0.15) is 0 Å². The van der Waals surface area contributed by atoms with E-state index in [0.29, 0.717) is 23.5 Å². The van der Waals surface area contributed by atoms with Crippen molar-refractivity contribution in [3.63, 3.8) is 0 Å². The molecule has 0 atom stereocenters. The Kier molecular flexibility index (Phi) is 5.32. The Bertz CT molecular complexity index is 363. The van der Waals surface area contributed by atoms with Crippen molar-refractivity contribution in [1.82, 2.24) is 0 Å². The third-order valence-electron chi connectivity index (χ3n) is 2.24. The van der Waals surface area contributed by atoms with Crippen molar-refractivity contribution in [2.45, 2.75) is 12.8 Å². The Labute approximate surface area is 104 Å². The monoisotopic (exact) mass is 286 g/mol. The molecule has 0 aromatic heterocycles. The van der Waals surface area contributed by atoms with Crippen LogP contribution in [0.2, 0.25) is 0 Å². The molecule has 1 aromatic rings. The minimum atomic E-state index is 0.0789. The van der Waals surface area contributed by atoms with Crippen LogP contribution < -0.4 is 9.47 Å². The Balaban J connectivity index is 2.94. The van der Waals surface area contributed by atoms with Gasteiger partial charge in [0.05, 0.1) is 19.8 Å². The van der Waals surface area contributed by atoms with E-state index >= 15 is 0 Å². The Morgan fingerprint density at radius 2 is 2.06 bits per heavy atom. The van der Waals surface area contributed by atoms with Crippen molar-refractivity contribution in [2.24, 2.45) is 0 Å². The average molecular weight is 287 g/mol. The number of Topliss-reactive ketones (excluding diaryl/α,β-unsaturated/α-hetero) is 1. The van der Waals surface area contributed by atoms with Gasteiger partial charge in [0.1, 0.15) is 11.5 Å². The van der Waals surface area contributed by atoms with Crippen LogP contribution in [0.4, 0.5) is 0 Å². The summed E-state index contributed by atoms with van der Waals surface area (Å²) in [5.41, 5.74) is 0.586. The smallest absolute Gasteiger partial charge is 0.166 e. The molecule has 0 spiro atoms. The van der Waals surface area contributed by atoms with Gasteiger partial charge in [-0.05, 0) is 24.6 Å². The van der Waals surface area contributed by atoms with Crippen LogP contribution in [-0.4, -0.2) is 25.3 Å². The summed E-state index contributed by atoms with van der Waals surface area (Å²) in [4.78, 5) is 11.9. The summed E-state index contributed by atoms with van der Waals surface area (Å²) in [6, 6.07) is 5.25. The molecule has 0 amide bonds. The maximum Gasteiger partial charge on any atom is 0.166 e. The quantitative estimate of drug-likeness (QED) is 0.596. The highest BCUT2D eigenvalue weighted by molar-refractivity contribution is 9.09. The van der Waals surface area contributed by atoms with Crippen LogP contribution in [0.25, 0.3) is 0 Å². The van der Waals surface area contributed by atoms with Crippen LogP contribution in [-0.2, 0) is 0 Å². The van der Waals surface area contributed by atoms with Gasteiger partial charge in [-0.1, -0.05) is 15.9 Å². The second kappa shape index (κ2) is 6.53. The summed E-state index contributed by atoms with van der Waals surface area (Å²) in [6.45, 7) is 0. The molecule has 0 radical (unpaired) electrons. The summed E-state index contributed by atoms with van der Waals surface area (Å²) in [7, 11) is 3.14. The second-order valence-electron chi connectivity index (χ2n) is 3.28. The zero-order valence-corrected chi connectivity index (χ0v) is 11.0. The van der Waals surface area contributed by atoms with Gasteiger partial charge in [0.25, 0.3) is 0 Å². The number of hydrogen-bond donors (Lipinski definition) is 0. The number of carbonyl (C=O) groups excluding carboxylic acids is 1. The lowest BCUT2D eigenvalue weighted by molar-refractivity contribution is 0.0979. The summed E-state index contributed by atoms with van der Waals surface area (Å²) < 4.78 is 10.2. The third-order valence-corrected chi connectivity index (χ3v) is 2.81. The van der Waals surface area contributed by atoms with Crippen LogP contribution >= 0.6 is 15.9 Å². The molecule has 16 heavy (non-hydrogen) atoms. The van der Waals surface area contributed by atoms with E-state index in [1.165, 1.54) is 0 Å². The number of ether oxygens (including phenoxy) is 2. The maximum atomic E-state index is 11.9. The number of benzene rings is 1. The van der Waals surface area contributed by atoms with E-state index in [2.05, 4.69) is 15.9 Å². The van der Waals surface area contributed by atoms with Gasteiger partial charge in [0.2, 0.25) is 0 Å². The summed E-state index contributed by atoms with van der Waals surface area (Å²) in [5, 5.41) is 0.824. The first-order valence-electron chi connectivity index (χ1n) is 5.04. The van der Waals surface area contributed by atoms with Gasteiger partial charge >= 0.3 is 0 Å². The molecule has 0 saturated heterocycles. The van der Waals surface area contributed by atoms with Crippen LogP contribution in [0.15, 0.2) is 18.2 Å². The van der Waals surface area contributed by atoms with E-state index in [-0.39, 0.29) is 5.78 Å². The molecule has 3 nitrogen and oxygen atoms in total. The number of hydrogen-bond acceptors (Lipinski definition) is 3. The van der Waals surface area contributed by atoms with E-state index in [1.54, 1.807) is 32.4 Å². The van der Waals surface area contributed by atoms with Crippen molar-refractivity contribution < 1.29 is 14.3 Å². The molecule has 0 unspecified atom stereocenters. The van der Waals surface area contributed by atoms with Gasteiger partial charge in [-0.3, -0.25) is 4.79 Å². The molecule has 0 N–H and O–H groups in total. The SMILES string of the molecule is COc1ccc(OC)c(C(=O)CCCBr)c1. The van der Waals surface area contributed by atoms with E-state index in [0.717, 1.165) is 11.8 Å². The largest absolute Gasteiger partial charge is 0.497 e. The number of methoxy groups -OCH3 is 2. The minimum Gasteiger partial charge on any atom is -0.497 e. The maximum absolute atomic E-state index is 11.9. The minimum absolute atomic E-state index is 0.0789. The highest BCUT2D eigenvalue weighted by Crippen LogP contribution is 2.25. The van der Waals surface area contributed by atoms with Crippen molar-refractivity contribution in [1.29, 1.82) is 0 Å². The van der Waals surface area contributed by atoms with E-state index < -0.39 is 0 Å². The molecule has 88 valence electrons. The lowest BCUT2D eigenvalue weighted by atomic mass is 10.1. The Morgan fingerprint density at radius 3 is 2.62 bits per heavy atom. The zero-order valence-electron chi connectivity index (χ0n) is 9.46. The molecule has 0 fully saturated rings. The fourth-order valence-electron chi connectivity index (χ4n) is 1.39. The van der Waals surface area contributed by atoms with Crippen LogP contribution in [0.1, 0.15) is 23.2 Å². The topological polar surface area (TPSA) is 35.5 Å². The van der Waals surface area contributed by atoms with Crippen molar-refractivity contribution in [3.05, 3.63) is 23.8 Å². The standard InChI is InChI=1S/C12H15BrO3/c1-15-9-5-6-12(16-2)10(8-9)11(14)4-3-7-13/h5-6,8H,3-4,7H2,1-2H3. The lowest BCUT2D eigenvalue weighted by Crippen LogP contribution is -2.03. The first-order chi connectivity index (χ1) is 7.72. The first-order valence-corrected chi connectivity index (χ1v) is 6.16. The van der Waals surface area contributed by atoms with Gasteiger partial charge in [-0.15, -0.1) is 0 Å². The highest BCUT2D eigenvalue weighted by Gasteiger charge is 2.12. The third kappa shape index (κ3) is 3.23. The summed E-state index contributed by atoms with van der Waals surface area (Å²) in [5.74, 6) is 1.35. The highest BCUT2D eigenvalue weighted by atomic mass is 79.9. The summed E-state index contributed by atoms with van der Waals surface area (Å²) in [6.07, 6.45) is 1.33. The van der Waals surface area contributed by atoms with Gasteiger partial charge in [0.15, 0.2) is 5.78 Å². The predicted octanol–water partition coefficient (Wildman–Crippen LogP) is 3.06. The van der Waals surface area contributed by atoms with E-state index in [4.69, 9.17) is 9.47 Å². The van der Waals surface area contributed by atoms with Crippen LogP contribution in [0.3, 0.4) is 0 Å². The molecule has 1 aromatic carbocycles. The fourth-order valence-corrected chi connectivity index (χ4v) is 1.67. The molecule has 0 bridgehead atoms. The van der Waals surface area contributed by atoms with E-state index in [1.807, 2.05) is 0 Å². The molecular formula is C12H15BrO3. The first kappa shape index (κ1) is 13.0. The number of alkyl halides is 1. The average Bonchev–Trinajstić information content (AvgIpc) is 2.35. The normalized spacial score (nSPS) is 9.94. The molecule has 0 aliphatic carbocycles. The van der Waals surface area contributed by atoms with Crippen LogP contribution in [0, 0.1) is 0 Å². The molecule has 0 saturated carbocycles. The second-order valence-corrected chi connectivity index (χ2v) is 4.07. The molecule has 0 aliphatic rings. The molecule has 4 heteroatoms. The lowest BCUT2D eigenvalue weighted by Gasteiger charge is -2.09.